The van der Waals surface area contributed by atoms with Crippen LogP contribution in [0.2, 0.25) is 5.02 Å². The van der Waals surface area contributed by atoms with Gasteiger partial charge in [-0.1, -0.05) is 18.2 Å². The number of anilines is 1. The van der Waals surface area contributed by atoms with E-state index in [2.05, 4.69) is 26.5 Å². The first-order valence-corrected chi connectivity index (χ1v) is 10.5. The number of fused-ring (bicyclic) bond motifs is 1. The second kappa shape index (κ2) is 9.29. The predicted molar refractivity (Wildman–Crippen MR) is 121 cm³/mol. The van der Waals surface area contributed by atoms with Gasteiger partial charge in [0, 0.05) is 44.1 Å². The van der Waals surface area contributed by atoms with Crippen LogP contribution >= 0.6 is 11.6 Å². The Labute approximate surface area is 198 Å². The SMILES string of the molecule is C=CC(=O)N1CCN(c2ccnc(-c3c[nH]c4ncc(Cl)cc34)n2)[C@@H](C(=O)NCC(F)(F)F)C1.[HH]. The lowest BCUT2D eigenvalue weighted by molar-refractivity contribution is -0.140. The van der Waals surface area contributed by atoms with Crippen molar-refractivity contribution in [1.82, 2.24) is 30.2 Å². The summed E-state index contributed by atoms with van der Waals surface area (Å²) in [6, 6.07) is 2.17. The topological polar surface area (TPSA) is 107 Å². The highest BCUT2D eigenvalue weighted by Crippen LogP contribution is 2.29. The highest BCUT2D eigenvalue weighted by atomic mass is 35.5. The molecular weight excluding hydrogens is 475 g/mol. The van der Waals surface area contributed by atoms with Gasteiger partial charge in [0.15, 0.2) is 5.82 Å². The summed E-state index contributed by atoms with van der Waals surface area (Å²) in [7, 11) is 0. The number of pyridine rings is 1. The van der Waals surface area contributed by atoms with Crippen LogP contribution in [0.3, 0.4) is 0 Å². The molecule has 1 saturated heterocycles. The fourth-order valence-corrected chi connectivity index (χ4v) is 3.88. The molecule has 3 aromatic rings. The van der Waals surface area contributed by atoms with Gasteiger partial charge >= 0.3 is 6.18 Å². The van der Waals surface area contributed by atoms with E-state index in [1.165, 1.54) is 17.3 Å². The zero-order valence-corrected chi connectivity index (χ0v) is 18.4. The summed E-state index contributed by atoms with van der Waals surface area (Å²) in [5.41, 5.74) is 1.19. The molecule has 4 heterocycles. The van der Waals surface area contributed by atoms with Crippen molar-refractivity contribution < 1.29 is 24.2 Å². The molecule has 2 N–H and O–H groups in total. The summed E-state index contributed by atoms with van der Waals surface area (Å²) in [6.45, 7) is 2.23. The van der Waals surface area contributed by atoms with Gasteiger partial charge in [-0.3, -0.25) is 9.59 Å². The number of nitrogens with zero attached hydrogens (tertiary/aromatic N) is 5. The van der Waals surface area contributed by atoms with Crippen LogP contribution in [0, 0.1) is 0 Å². The van der Waals surface area contributed by atoms with Crippen LogP contribution in [0.25, 0.3) is 22.4 Å². The zero-order valence-electron chi connectivity index (χ0n) is 17.6. The van der Waals surface area contributed by atoms with E-state index in [0.29, 0.717) is 33.3 Å². The number of aromatic nitrogens is 4. The minimum Gasteiger partial charge on any atom is -0.345 e. The van der Waals surface area contributed by atoms with Crippen molar-refractivity contribution in [2.24, 2.45) is 0 Å². The Hall–Kier alpha value is -3.67. The number of carbonyl (C=O) groups is 2. The molecule has 1 aliphatic rings. The lowest BCUT2D eigenvalue weighted by atomic mass is 10.1. The maximum Gasteiger partial charge on any atom is 0.405 e. The van der Waals surface area contributed by atoms with Crippen molar-refractivity contribution in [1.29, 1.82) is 0 Å². The van der Waals surface area contributed by atoms with Crippen molar-refractivity contribution in [2.45, 2.75) is 12.2 Å². The van der Waals surface area contributed by atoms with E-state index < -0.39 is 30.6 Å². The highest BCUT2D eigenvalue weighted by molar-refractivity contribution is 6.31. The van der Waals surface area contributed by atoms with Crippen LogP contribution in [-0.2, 0) is 9.59 Å². The summed E-state index contributed by atoms with van der Waals surface area (Å²) in [5, 5.41) is 3.01. The third kappa shape index (κ3) is 4.96. The normalized spacial score (nSPS) is 16.5. The molecule has 13 heteroatoms. The van der Waals surface area contributed by atoms with Crippen LogP contribution in [0.4, 0.5) is 19.0 Å². The molecule has 4 rings (SSSR count). The van der Waals surface area contributed by atoms with Gasteiger partial charge in [0.1, 0.15) is 24.1 Å². The smallest absolute Gasteiger partial charge is 0.345 e. The maximum absolute atomic E-state index is 12.7. The van der Waals surface area contributed by atoms with E-state index in [0.717, 1.165) is 6.08 Å². The number of nitrogens with one attached hydrogen (secondary N) is 2. The van der Waals surface area contributed by atoms with E-state index in [1.54, 1.807) is 23.2 Å². The van der Waals surface area contributed by atoms with Crippen molar-refractivity contribution in [3.05, 3.63) is 48.4 Å². The lowest BCUT2D eigenvalue weighted by Gasteiger charge is -2.40. The molecule has 0 bridgehead atoms. The van der Waals surface area contributed by atoms with E-state index in [-0.39, 0.29) is 21.1 Å². The Morgan fingerprint density at radius 3 is 2.88 bits per heavy atom. The number of hydrogen-bond donors (Lipinski definition) is 2. The molecule has 1 atom stereocenters. The number of aromatic amines is 1. The first kappa shape index (κ1) is 23.5. The second-order valence-electron chi connectivity index (χ2n) is 7.52. The molecule has 0 spiro atoms. The number of hydrogen-bond acceptors (Lipinski definition) is 6. The molecule has 180 valence electrons. The Bertz CT molecular complexity index is 1250. The number of amides is 2. The van der Waals surface area contributed by atoms with Gasteiger partial charge in [0.25, 0.3) is 0 Å². The molecule has 1 fully saturated rings. The Morgan fingerprint density at radius 1 is 1.35 bits per heavy atom. The molecule has 0 radical (unpaired) electrons. The third-order valence-corrected chi connectivity index (χ3v) is 5.51. The van der Waals surface area contributed by atoms with Crippen molar-refractivity contribution in [3.63, 3.8) is 0 Å². The van der Waals surface area contributed by atoms with Gasteiger partial charge in [-0.15, -0.1) is 0 Å². The van der Waals surface area contributed by atoms with Gasteiger partial charge < -0.3 is 20.1 Å². The van der Waals surface area contributed by atoms with Crippen LogP contribution in [0.5, 0.6) is 0 Å². The summed E-state index contributed by atoms with van der Waals surface area (Å²) in [4.78, 5) is 43.8. The van der Waals surface area contributed by atoms with Gasteiger partial charge in [-0.05, 0) is 18.2 Å². The Kier molecular flexibility index (Phi) is 6.42. The molecule has 0 aliphatic carbocycles. The number of alkyl halides is 3. The minimum absolute atomic E-state index is 0. The monoisotopic (exact) mass is 495 g/mol. The van der Waals surface area contributed by atoms with Gasteiger partial charge in [0.2, 0.25) is 11.8 Å². The molecule has 1 aliphatic heterocycles. The Morgan fingerprint density at radius 2 is 2.15 bits per heavy atom. The molecule has 34 heavy (non-hydrogen) atoms. The highest BCUT2D eigenvalue weighted by Gasteiger charge is 2.37. The Balaban J connectivity index is 0.00000342. The average Bonchev–Trinajstić information content (AvgIpc) is 3.24. The van der Waals surface area contributed by atoms with Crippen LogP contribution in [0.1, 0.15) is 1.43 Å². The van der Waals surface area contributed by atoms with Gasteiger partial charge in [0.05, 0.1) is 11.6 Å². The lowest BCUT2D eigenvalue weighted by Crippen LogP contribution is -2.61. The third-order valence-electron chi connectivity index (χ3n) is 5.31. The molecule has 9 nitrogen and oxygen atoms in total. The van der Waals surface area contributed by atoms with Crippen molar-refractivity contribution >= 4 is 40.3 Å². The predicted octanol–water partition coefficient (Wildman–Crippen LogP) is 2.80. The fourth-order valence-electron chi connectivity index (χ4n) is 3.72. The molecule has 3 aromatic heterocycles. The molecule has 2 amide bonds. The standard InChI is InChI=1S/C21H19ClF3N7O2.H2/c1-2-17(33)31-5-6-32(15(10-31)20(34)29-11-21(23,24)25)16-3-4-26-19(30-16)14-9-28-18-13(14)7-12(22)8-27-18;/h2-4,7-9,15H,1,5-6,10-11H2,(H,27,28)(H,29,34);1H/t15-;/m1./s1. The zero-order chi connectivity index (χ0) is 24.5. The van der Waals surface area contributed by atoms with Gasteiger partial charge in [-0.2, -0.15) is 13.2 Å². The minimum atomic E-state index is -4.57. The van der Waals surface area contributed by atoms with Crippen molar-refractivity contribution in [3.8, 4) is 11.4 Å². The summed E-state index contributed by atoms with van der Waals surface area (Å²) in [5.74, 6) is -0.652. The van der Waals surface area contributed by atoms with E-state index in [4.69, 9.17) is 11.6 Å². The number of rotatable bonds is 5. The average molecular weight is 496 g/mol. The van der Waals surface area contributed by atoms with E-state index in [9.17, 15) is 22.8 Å². The quantitative estimate of drug-likeness (QED) is 0.527. The van der Waals surface area contributed by atoms with Crippen LogP contribution in [0.15, 0.2) is 43.4 Å². The summed E-state index contributed by atoms with van der Waals surface area (Å²) >= 11 is 6.07. The molecule has 0 aromatic carbocycles. The van der Waals surface area contributed by atoms with Gasteiger partial charge in [-0.25, -0.2) is 15.0 Å². The second-order valence-corrected chi connectivity index (χ2v) is 7.96. The molecule has 0 unspecified atom stereocenters. The molecule has 0 saturated carbocycles. The number of carbonyl (C=O) groups excluding carboxylic acids is 2. The number of H-pyrrole nitrogens is 1. The van der Waals surface area contributed by atoms with Crippen molar-refractivity contribution in [2.75, 3.05) is 31.1 Å². The fraction of sp³-hybridized carbons (Fsp3) is 0.286. The summed E-state index contributed by atoms with van der Waals surface area (Å²) in [6.07, 6.45) is 1.18. The summed E-state index contributed by atoms with van der Waals surface area (Å²) < 4.78 is 38.1. The largest absolute Gasteiger partial charge is 0.405 e. The number of piperazine rings is 1. The van der Waals surface area contributed by atoms with E-state index >= 15 is 0 Å². The van der Waals surface area contributed by atoms with E-state index in [1.807, 2.05) is 5.32 Å². The first-order valence-electron chi connectivity index (χ1n) is 10.1. The van der Waals surface area contributed by atoms with Crippen LogP contribution in [-0.4, -0.2) is 75.0 Å². The first-order chi connectivity index (χ1) is 16.2. The molecular formula is C21H21ClF3N7O2. The number of halogens is 4. The van der Waals surface area contributed by atoms with Crippen LogP contribution < -0.4 is 10.2 Å². The maximum atomic E-state index is 12.7.